The van der Waals surface area contributed by atoms with Gasteiger partial charge in [-0.15, -0.1) is 0 Å². The van der Waals surface area contributed by atoms with Crippen LogP contribution in [0.2, 0.25) is 0 Å². The van der Waals surface area contributed by atoms with Crippen LogP contribution in [0.1, 0.15) is 58.3 Å². The van der Waals surface area contributed by atoms with E-state index < -0.39 is 5.54 Å². The molecule has 19 heavy (non-hydrogen) atoms. The quantitative estimate of drug-likeness (QED) is 0.814. The van der Waals surface area contributed by atoms with E-state index in [1.807, 2.05) is 0 Å². The van der Waals surface area contributed by atoms with Gasteiger partial charge >= 0.3 is 0 Å². The average Bonchev–Trinajstić information content (AvgIpc) is 2.42. The SMILES string of the molecule is CCCN1CCC(NC(=O)C2(N)CCCCC2)CC1. The molecule has 1 aliphatic carbocycles. The summed E-state index contributed by atoms with van der Waals surface area (Å²) in [6.45, 7) is 5.61. The number of carbonyl (C=O) groups excluding carboxylic acids is 1. The maximum absolute atomic E-state index is 12.3. The van der Waals surface area contributed by atoms with E-state index >= 15 is 0 Å². The molecule has 0 spiro atoms. The molecule has 1 aliphatic heterocycles. The molecule has 4 heteroatoms. The zero-order valence-corrected chi connectivity index (χ0v) is 12.3. The summed E-state index contributed by atoms with van der Waals surface area (Å²) in [4.78, 5) is 14.8. The fourth-order valence-corrected chi connectivity index (χ4v) is 3.36. The molecule has 2 rings (SSSR count). The van der Waals surface area contributed by atoms with Crippen LogP contribution in [-0.4, -0.2) is 42.0 Å². The van der Waals surface area contributed by atoms with Gasteiger partial charge in [0.1, 0.15) is 0 Å². The highest BCUT2D eigenvalue weighted by atomic mass is 16.2. The number of nitrogens with two attached hydrogens (primary N) is 1. The number of rotatable bonds is 4. The van der Waals surface area contributed by atoms with Gasteiger partial charge in [-0.25, -0.2) is 0 Å². The van der Waals surface area contributed by atoms with Crippen LogP contribution in [-0.2, 0) is 4.79 Å². The van der Waals surface area contributed by atoms with E-state index in [4.69, 9.17) is 5.73 Å². The normalized spacial score (nSPS) is 25.2. The van der Waals surface area contributed by atoms with Gasteiger partial charge in [0.25, 0.3) is 0 Å². The number of hydrogen-bond acceptors (Lipinski definition) is 3. The van der Waals surface area contributed by atoms with Crippen LogP contribution < -0.4 is 11.1 Å². The summed E-state index contributed by atoms with van der Waals surface area (Å²) in [6, 6.07) is 0.336. The van der Waals surface area contributed by atoms with Crippen molar-refractivity contribution in [2.45, 2.75) is 69.9 Å². The summed E-state index contributed by atoms with van der Waals surface area (Å²) < 4.78 is 0. The van der Waals surface area contributed by atoms with Crippen molar-refractivity contribution < 1.29 is 4.79 Å². The van der Waals surface area contributed by atoms with E-state index in [0.29, 0.717) is 6.04 Å². The number of carbonyl (C=O) groups is 1. The van der Waals surface area contributed by atoms with Gasteiger partial charge in [-0.1, -0.05) is 26.2 Å². The Hall–Kier alpha value is -0.610. The second kappa shape index (κ2) is 6.71. The van der Waals surface area contributed by atoms with Crippen molar-refractivity contribution in [3.8, 4) is 0 Å². The van der Waals surface area contributed by atoms with Gasteiger partial charge in [0.2, 0.25) is 5.91 Å². The Balaban J connectivity index is 1.77. The van der Waals surface area contributed by atoms with Crippen LogP contribution >= 0.6 is 0 Å². The maximum atomic E-state index is 12.3. The highest BCUT2D eigenvalue weighted by Gasteiger charge is 2.36. The molecule has 0 atom stereocenters. The second-order valence-corrected chi connectivity index (χ2v) is 6.31. The summed E-state index contributed by atoms with van der Waals surface area (Å²) >= 11 is 0. The van der Waals surface area contributed by atoms with Crippen molar-refractivity contribution >= 4 is 5.91 Å². The van der Waals surface area contributed by atoms with Crippen molar-refractivity contribution in [1.82, 2.24) is 10.2 Å². The Morgan fingerprint density at radius 3 is 2.47 bits per heavy atom. The van der Waals surface area contributed by atoms with Crippen LogP contribution in [0.4, 0.5) is 0 Å². The molecule has 0 radical (unpaired) electrons. The third-order valence-electron chi connectivity index (χ3n) is 4.66. The molecule has 0 bridgehead atoms. The second-order valence-electron chi connectivity index (χ2n) is 6.31. The summed E-state index contributed by atoms with van der Waals surface area (Å²) in [5.41, 5.74) is 5.69. The van der Waals surface area contributed by atoms with Gasteiger partial charge in [0.05, 0.1) is 5.54 Å². The molecule has 0 aromatic rings. The molecule has 1 saturated heterocycles. The molecule has 0 aromatic heterocycles. The topological polar surface area (TPSA) is 58.4 Å². The smallest absolute Gasteiger partial charge is 0.240 e. The molecular formula is C15H29N3O. The highest BCUT2D eigenvalue weighted by Crippen LogP contribution is 2.26. The van der Waals surface area contributed by atoms with Crippen LogP contribution in [0.5, 0.6) is 0 Å². The average molecular weight is 267 g/mol. The molecule has 110 valence electrons. The number of piperidine rings is 1. The Morgan fingerprint density at radius 1 is 1.26 bits per heavy atom. The highest BCUT2D eigenvalue weighted by molar-refractivity contribution is 5.86. The first-order chi connectivity index (χ1) is 9.14. The minimum Gasteiger partial charge on any atom is -0.352 e. The van der Waals surface area contributed by atoms with Crippen molar-refractivity contribution in [3.63, 3.8) is 0 Å². The Morgan fingerprint density at radius 2 is 1.89 bits per heavy atom. The summed E-state index contributed by atoms with van der Waals surface area (Å²) in [5, 5.41) is 3.20. The minimum atomic E-state index is -0.585. The molecule has 3 N–H and O–H groups in total. The van der Waals surface area contributed by atoms with Crippen LogP contribution in [0.3, 0.4) is 0 Å². The lowest BCUT2D eigenvalue weighted by atomic mass is 9.81. The lowest BCUT2D eigenvalue weighted by Crippen LogP contribution is -2.58. The monoisotopic (exact) mass is 267 g/mol. The van der Waals surface area contributed by atoms with Crippen molar-refractivity contribution in [2.24, 2.45) is 5.73 Å². The number of amides is 1. The van der Waals surface area contributed by atoms with E-state index in [1.165, 1.54) is 19.4 Å². The molecular weight excluding hydrogens is 238 g/mol. The largest absolute Gasteiger partial charge is 0.352 e. The van der Waals surface area contributed by atoms with Crippen LogP contribution in [0.25, 0.3) is 0 Å². The molecule has 0 aromatic carbocycles. The van der Waals surface area contributed by atoms with Gasteiger partial charge in [0, 0.05) is 19.1 Å². The first-order valence-corrected chi connectivity index (χ1v) is 7.96. The molecule has 4 nitrogen and oxygen atoms in total. The summed E-state index contributed by atoms with van der Waals surface area (Å²) in [5.74, 6) is 0.0983. The standard InChI is InChI=1S/C15H29N3O/c1-2-10-18-11-6-13(7-12-18)17-14(19)15(16)8-4-3-5-9-15/h13H,2-12,16H2,1H3,(H,17,19). The zero-order chi connectivity index (χ0) is 13.7. The first kappa shape index (κ1) is 14.8. The fraction of sp³-hybridized carbons (Fsp3) is 0.933. The van der Waals surface area contributed by atoms with Gasteiger partial charge in [0.15, 0.2) is 0 Å². The Labute approximate surface area is 117 Å². The lowest BCUT2D eigenvalue weighted by molar-refractivity contribution is -0.128. The molecule has 0 unspecified atom stereocenters. The summed E-state index contributed by atoms with van der Waals surface area (Å²) in [6.07, 6.45) is 8.48. The molecule has 1 saturated carbocycles. The van der Waals surface area contributed by atoms with Crippen LogP contribution in [0.15, 0.2) is 0 Å². The third-order valence-corrected chi connectivity index (χ3v) is 4.66. The molecule has 1 heterocycles. The molecule has 2 fully saturated rings. The number of nitrogens with one attached hydrogen (secondary N) is 1. The van der Waals surface area contributed by atoms with E-state index in [-0.39, 0.29) is 5.91 Å². The van der Waals surface area contributed by atoms with E-state index in [9.17, 15) is 4.79 Å². The van der Waals surface area contributed by atoms with Crippen LogP contribution in [0, 0.1) is 0 Å². The van der Waals surface area contributed by atoms with Gasteiger partial charge in [-0.05, 0) is 38.6 Å². The van der Waals surface area contributed by atoms with E-state index in [0.717, 1.165) is 51.6 Å². The molecule has 1 amide bonds. The Bertz CT molecular complexity index is 292. The first-order valence-electron chi connectivity index (χ1n) is 7.96. The van der Waals surface area contributed by atoms with Gasteiger partial charge < -0.3 is 16.0 Å². The molecule has 2 aliphatic rings. The fourth-order valence-electron chi connectivity index (χ4n) is 3.36. The van der Waals surface area contributed by atoms with E-state index in [1.54, 1.807) is 0 Å². The van der Waals surface area contributed by atoms with Crippen molar-refractivity contribution in [3.05, 3.63) is 0 Å². The van der Waals surface area contributed by atoms with Crippen molar-refractivity contribution in [2.75, 3.05) is 19.6 Å². The van der Waals surface area contributed by atoms with E-state index in [2.05, 4.69) is 17.1 Å². The minimum absolute atomic E-state index is 0.0983. The number of nitrogens with zero attached hydrogens (tertiary/aromatic N) is 1. The Kier molecular flexibility index (Phi) is 5.22. The number of likely N-dealkylation sites (tertiary alicyclic amines) is 1. The predicted octanol–water partition coefficient (Wildman–Crippen LogP) is 1.64. The van der Waals surface area contributed by atoms with Crippen molar-refractivity contribution in [1.29, 1.82) is 0 Å². The third kappa shape index (κ3) is 3.93. The van der Waals surface area contributed by atoms with Gasteiger partial charge in [-0.3, -0.25) is 4.79 Å². The van der Waals surface area contributed by atoms with Gasteiger partial charge in [-0.2, -0.15) is 0 Å². The lowest BCUT2D eigenvalue weighted by Gasteiger charge is -2.36. The maximum Gasteiger partial charge on any atom is 0.240 e. The number of hydrogen-bond donors (Lipinski definition) is 2. The summed E-state index contributed by atoms with van der Waals surface area (Å²) in [7, 11) is 0. The predicted molar refractivity (Wildman–Crippen MR) is 77.9 cm³/mol. The zero-order valence-electron chi connectivity index (χ0n) is 12.3.